The first-order valence-corrected chi connectivity index (χ1v) is 6.23. The van der Waals surface area contributed by atoms with Crippen molar-refractivity contribution in [1.82, 2.24) is 5.32 Å². The van der Waals surface area contributed by atoms with Gasteiger partial charge in [-0.1, -0.05) is 28.9 Å². The molecule has 1 heterocycles. The molecule has 2 unspecified atom stereocenters. The SMILES string of the molecule is CC(/C=C1\CNC(C)C=C1N)CCBr. The highest BCUT2D eigenvalue weighted by Crippen LogP contribution is 2.15. The molecule has 0 aromatic carbocycles. The minimum Gasteiger partial charge on any atom is -0.399 e. The maximum Gasteiger partial charge on any atom is 0.0331 e. The predicted octanol–water partition coefficient (Wildman–Crippen LogP) is 2.17. The Morgan fingerprint density at radius 3 is 3.07 bits per heavy atom. The topological polar surface area (TPSA) is 38.0 Å². The van der Waals surface area contributed by atoms with Crippen LogP contribution in [0.25, 0.3) is 0 Å². The van der Waals surface area contributed by atoms with Gasteiger partial charge in [0.15, 0.2) is 0 Å². The minimum absolute atomic E-state index is 0.402. The van der Waals surface area contributed by atoms with E-state index < -0.39 is 0 Å². The molecule has 2 atom stereocenters. The summed E-state index contributed by atoms with van der Waals surface area (Å²) in [7, 11) is 0. The molecule has 14 heavy (non-hydrogen) atoms. The van der Waals surface area contributed by atoms with Crippen molar-refractivity contribution in [3.8, 4) is 0 Å². The zero-order chi connectivity index (χ0) is 10.6. The summed E-state index contributed by atoms with van der Waals surface area (Å²) in [6.07, 6.45) is 5.51. The van der Waals surface area contributed by atoms with Gasteiger partial charge in [-0.3, -0.25) is 0 Å². The Hall–Kier alpha value is -0.280. The molecule has 1 aliphatic rings. The summed E-state index contributed by atoms with van der Waals surface area (Å²) in [4.78, 5) is 0. The highest BCUT2D eigenvalue weighted by atomic mass is 79.9. The molecule has 0 saturated heterocycles. The molecule has 3 N–H and O–H groups in total. The predicted molar refractivity (Wildman–Crippen MR) is 65.4 cm³/mol. The minimum atomic E-state index is 0.402. The van der Waals surface area contributed by atoms with E-state index in [1.165, 1.54) is 5.57 Å². The number of halogens is 1. The molecule has 0 amide bonds. The molecule has 0 fully saturated rings. The second-order valence-corrected chi connectivity index (χ2v) is 4.73. The van der Waals surface area contributed by atoms with E-state index in [1.807, 2.05) is 0 Å². The van der Waals surface area contributed by atoms with Crippen LogP contribution in [0.3, 0.4) is 0 Å². The Balaban J connectivity index is 2.64. The fourth-order valence-corrected chi connectivity index (χ4v) is 2.28. The van der Waals surface area contributed by atoms with Gasteiger partial charge in [0.25, 0.3) is 0 Å². The van der Waals surface area contributed by atoms with Crippen molar-refractivity contribution in [2.24, 2.45) is 11.7 Å². The molecule has 0 aromatic rings. The largest absolute Gasteiger partial charge is 0.399 e. The normalized spacial score (nSPS) is 27.5. The highest BCUT2D eigenvalue weighted by molar-refractivity contribution is 9.09. The third-order valence-electron chi connectivity index (χ3n) is 2.46. The van der Waals surface area contributed by atoms with Gasteiger partial charge in [-0.2, -0.15) is 0 Å². The van der Waals surface area contributed by atoms with E-state index >= 15 is 0 Å². The second-order valence-electron chi connectivity index (χ2n) is 3.94. The monoisotopic (exact) mass is 258 g/mol. The zero-order valence-electron chi connectivity index (χ0n) is 8.89. The van der Waals surface area contributed by atoms with Crippen LogP contribution >= 0.6 is 15.9 Å². The van der Waals surface area contributed by atoms with Crippen LogP contribution < -0.4 is 11.1 Å². The molecule has 0 spiro atoms. The molecule has 80 valence electrons. The van der Waals surface area contributed by atoms with Crippen molar-refractivity contribution in [2.75, 3.05) is 11.9 Å². The van der Waals surface area contributed by atoms with Crippen LogP contribution in [-0.2, 0) is 0 Å². The summed E-state index contributed by atoms with van der Waals surface area (Å²) >= 11 is 3.45. The Labute approximate surface area is 94.8 Å². The Kier molecular flexibility index (Phi) is 4.69. The first kappa shape index (κ1) is 11.8. The van der Waals surface area contributed by atoms with E-state index in [0.29, 0.717) is 12.0 Å². The van der Waals surface area contributed by atoms with E-state index in [2.05, 4.69) is 47.2 Å². The van der Waals surface area contributed by atoms with Crippen molar-refractivity contribution >= 4 is 15.9 Å². The summed E-state index contributed by atoms with van der Waals surface area (Å²) in [6, 6.07) is 0.402. The Bertz CT molecular complexity index is 246. The Morgan fingerprint density at radius 1 is 1.79 bits per heavy atom. The lowest BCUT2D eigenvalue weighted by atomic mass is 10.00. The van der Waals surface area contributed by atoms with Crippen LogP contribution in [0.2, 0.25) is 0 Å². The molecule has 0 aromatic heterocycles. The van der Waals surface area contributed by atoms with E-state index in [4.69, 9.17) is 5.73 Å². The zero-order valence-corrected chi connectivity index (χ0v) is 10.5. The fourth-order valence-electron chi connectivity index (χ4n) is 1.56. The number of alkyl halides is 1. The number of nitrogens with two attached hydrogens (primary N) is 1. The quantitative estimate of drug-likeness (QED) is 0.762. The molecule has 0 saturated carbocycles. The Morgan fingerprint density at radius 2 is 2.50 bits per heavy atom. The van der Waals surface area contributed by atoms with Crippen molar-refractivity contribution in [3.63, 3.8) is 0 Å². The third-order valence-corrected chi connectivity index (χ3v) is 2.92. The van der Waals surface area contributed by atoms with E-state index in [9.17, 15) is 0 Å². The maximum atomic E-state index is 5.95. The number of nitrogens with one attached hydrogen (secondary N) is 1. The second kappa shape index (κ2) is 5.56. The van der Waals surface area contributed by atoms with Gasteiger partial charge in [0.1, 0.15) is 0 Å². The van der Waals surface area contributed by atoms with Crippen molar-refractivity contribution in [1.29, 1.82) is 0 Å². The van der Waals surface area contributed by atoms with Gasteiger partial charge < -0.3 is 11.1 Å². The number of allylic oxidation sites excluding steroid dienone is 1. The van der Waals surface area contributed by atoms with E-state index in [0.717, 1.165) is 24.0 Å². The average molecular weight is 259 g/mol. The number of hydrogen-bond acceptors (Lipinski definition) is 2. The molecule has 0 radical (unpaired) electrons. The van der Waals surface area contributed by atoms with Crippen LogP contribution in [-0.4, -0.2) is 17.9 Å². The third kappa shape index (κ3) is 3.46. The van der Waals surface area contributed by atoms with Crippen molar-refractivity contribution in [2.45, 2.75) is 26.3 Å². The van der Waals surface area contributed by atoms with Gasteiger partial charge in [-0.15, -0.1) is 0 Å². The van der Waals surface area contributed by atoms with Crippen LogP contribution in [0.15, 0.2) is 23.4 Å². The van der Waals surface area contributed by atoms with Gasteiger partial charge in [0, 0.05) is 23.6 Å². The lowest BCUT2D eigenvalue weighted by Gasteiger charge is -2.21. The van der Waals surface area contributed by atoms with E-state index in [1.54, 1.807) is 0 Å². The van der Waals surface area contributed by atoms with Gasteiger partial charge in [-0.05, 0) is 30.9 Å². The van der Waals surface area contributed by atoms with Gasteiger partial charge in [0.2, 0.25) is 0 Å². The number of hydrogen-bond donors (Lipinski definition) is 2. The van der Waals surface area contributed by atoms with Gasteiger partial charge >= 0.3 is 0 Å². The summed E-state index contributed by atoms with van der Waals surface area (Å²) < 4.78 is 0. The molecular weight excluding hydrogens is 240 g/mol. The molecular formula is C11H19BrN2. The standard InChI is InChI=1S/C11H19BrN2/c1-8(3-4-12)5-10-7-14-9(2)6-11(10)13/h5-6,8-9,14H,3-4,7,13H2,1-2H3/b10-5+. The molecule has 3 heteroatoms. The molecule has 0 aliphatic carbocycles. The summed E-state index contributed by atoms with van der Waals surface area (Å²) in [5, 5.41) is 4.42. The lowest BCUT2D eigenvalue weighted by Crippen LogP contribution is -2.33. The maximum absolute atomic E-state index is 5.95. The first-order chi connectivity index (χ1) is 6.63. The van der Waals surface area contributed by atoms with Crippen LogP contribution in [0, 0.1) is 5.92 Å². The van der Waals surface area contributed by atoms with Gasteiger partial charge in [0.05, 0.1) is 0 Å². The molecule has 1 aliphatic heterocycles. The van der Waals surface area contributed by atoms with Gasteiger partial charge in [-0.25, -0.2) is 0 Å². The highest BCUT2D eigenvalue weighted by Gasteiger charge is 2.11. The first-order valence-electron chi connectivity index (χ1n) is 5.11. The summed E-state index contributed by atoms with van der Waals surface area (Å²) in [5.41, 5.74) is 8.14. The molecule has 0 bridgehead atoms. The lowest BCUT2D eigenvalue weighted by molar-refractivity contribution is 0.633. The van der Waals surface area contributed by atoms with E-state index in [-0.39, 0.29) is 0 Å². The molecule has 2 nitrogen and oxygen atoms in total. The van der Waals surface area contributed by atoms with Crippen molar-refractivity contribution < 1.29 is 0 Å². The van der Waals surface area contributed by atoms with Crippen LogP contribution in [0.4, 0.5) is 0 Å². The molecule has 1 rings (SSSR count). The van der Waals surface area contributed by atoms with Crippen LogP contribution in [0.1, 0.15) is 20.3 Å². The fraction of sp³-hybridized carbons (Fsp3) is 0.636. The average Bonchev–Trinajstić information content (AvgIpc) is 2.10. The van der Waals surface area contributed by atoms with Crippen LogP contribution in [0.5, 0.6) is 0 Å². The smallest absolute Gasteiger partial charge is 0.0331 e. The summed E-state index contributed by atoms with van der Waals surface area (Å²) in [5.74, 6) is 0.589. The summed E-state index contributed by atoms with van der Waals surface area (Å²) in [6.45, 7) is 5.24. The number of rotatable bonds is 3. The van der Waals surface area contributed by atoms with Crippen molar-refractivity contribution in [3.05, 3.63) is 23.4 Å².